The lowest BCUT2D eigenvalue weighted by Gasteiger charge is -2.11. The predicted octanol–water partition coefficient (Wildman–Crippen LogP) is 3.44. The highest BCUT2D eigenvalue weighted by Crippen LogP contribution is 2.24. The molecular weight excluding hydrogens is 448 g/mol. The Bertz CT molecular complexity index is 1300. The number of aryl methyl sites for hydroxylation is 2. The van der Waals surface area contributed by atoms with Crippen LogP contribution in [0.1, 0.15) is 30.0 Å². The summed E-state index contributed by atoms with van der Waals surface area (Å²) in [5.74, 6) is 1.12. The van der Waals surface area contributed by atoms with Crippen LogP contribution in [0.4, 0.5) is 5.69 Å². The first-order valence-electron chi connectivity index (χ1n) is 11.1. The Morgan fingerprint density at radius 3 is 2.69 bits per heavy atom. The molecule has 1 atom stereocenters. The van der Waals surface area contributed by atoms with E-state index in [-0.39, 0.29) is 25.0 Å². The number of nitrogens with one attached hydrogen (secondary N) is 2. The van der Waals surface area contributed by atoms with Gasteiger partial charge in [-0.15, -0.1) is 0 Å². The van der Waals surface area contributed by atoms with E-state index in [9.17, 15) is 9.59 Å². The van der Waals surface area contributed by atoms with E-state index < -0.39 is 6.04 Å². The maximum absolute atomic E-state index is 12.4. The van der Waals surface area contributed by atoms with Gasteiger partial charge in [0.2, 0.25) is 11.8 Å². The van der Waals surface area contributed by atoms with Crippen molar-refractivity contribution < 1.29 is 18.7 Å². The summed E-state index contributed by atoms with van der Waals surface area (Å²) in [7, 11) is 0. The number of aromatic nitrogens is 4. The van der Waals surface area contributed by atoms with E-state index in [2.05, 4.69) is 25.7 Å². The van der Waals surface area contributed by atoms with Crippen molar-refractivity contribution in [3.63, 3.8) is 0 Å². The summed E-state index contributed by atoms with van der Waals surface area (Å²) in [5.41, 5.74) is 3.01. The van der Waals surface area contributed by atoms with E-state index in [0.29, 0.717) is 34.3 Å². The Balaban J connectivity index is 1.35. The zero-order valence-electron chi connectivity index (χ0n) is 19.7. The van der Waals surface area contributed by atoms with Gasteiger partial charge in [0.15, 0.2) is 6.61 Å². The standard InChI is InChI=1S/C25H26N6O4/c1-16-7-9-21(10-8-16)34-13-23(32)29-20-6-4-5-19(11-20)25-30-22(18(3)35-25)12-27-24(33)17(2)31-15-26-14-28-31/h4-11,14-15,17H,12-13H2,1-3H3,(H,27,33)(H,29,32). The Morgan fingerprint density at radius 2 is 1.94 bits per heavy atom. The first kappa shape index (κ1) is 23.7. The molecule has 0 bridgehead atoms. The number of anilines is 1. The van der Waals surface area contributed by atoms with Gasteiger partial charge >= 0.3 is 0 Å². The summed E-state index contributed by atoms with van der Waals surface area (Å²) in [6, 6.07) is 14.2. The molecule has 2 aromatic heterocycles. The van der Waals surface area contributed by atoms with Crippen LogP contribution in [0, 0.1) is 13.8 Å². The lowest BCUT2D eigenvalue weighted by molar-refractivity contribution is -0.124. The number of amides is 2. The third kappa shape index (κ3) is 6.11. The van der Waals surface area contributed by atoms with Crippen molar-refractivity contribution in [2.75, 3.05) is 11.9 Å². The van der Waals surface area contributed by atoms with Crippen LogP contribution in [0.5, 0.6) is 5.75 Å². The van der Waals surface area contributed by atoms with Gasteiger partial charge < -0.3 is 19.8 Å². The second-order valence-electron chi connectivity index (χ2n) is 8.02. The van der Waals surface area contributed by atoms with Crippen molar-refractivity contribution in [3.8, 4) is 17.2 Å². The summed E-state index contributed by atoms with van der Waals surface area (Å²) in [6.07, 6.45) is 2.87. The second-order valence-corrected chi connectivity index (χ2v) is 8.02. The van der Waals surface area contributed by atoms with Gasteiger partial charge in [-0.25, -0.2) is 14.6 Å². The highest BCUT2D eigenvalue weighted by Gasteiger charge is 2.18. The molecule has 0 aliphatic carbocycles. The van der Waals surface area contributed by atoms with E-state index in [4.69, 9.17) is 9.15 Å². The average molecular weight is 475 g/mol. The third-order valence-corrected chi connectivity index (χ3v) is 5.32. The molecule has 2 amide bonds. The van der Waals surface area contributed by atoms with Crippen LogP contribution < -0.4 is 15.4 Å². The van der Waals surface area contributed by atoms with Gasteiger partial charge in [-0.1, -0.05) is 23.8 Å². The van der Waals surface area contributed by atoms with Crippen LogP contribution in [-0.2, 0) is 16.1 Å². The molecule has 0 fully saturated rings. The van der Waals surface area contributed by atoms with Crippen molar-refractivity contribution in [1.29, 1.82) is 0 Å². The largest absolute Gasteiger partial charge is 0.484 e. The maximum atomic E-state index is 12.4. The fourth-order valence-corrected chi connectivity index (χ4v) is 3.28. The molecule has 2 heterocycles. The van der Waals surface area contributed by atoms with Gasteiger partial charge in [-0.3, -0.25) is 9.59 Å². The zero-order chi connectivity index (χ0) is 24.8. The molecule has 0 saturated carbocycles. The van der Waals surface area contributed by atoms with E-state index in [0.717, 1.165) is 5.56 Å². The van der Waals surface area contributed by atoms with Gasteiger partial charge in [0.25, 0.3) is 5.91 Å². The van der Waals surface area contributed by atoms with Crippen LogP contribution in [0.25, 0.3) is 11.5 Å². The molecule has 0 radical (unpaired) electrons. The molecule has 10 nitrogen and oxygen atoms in total. The molecule has 180 valence electrons. The van der Waals surface area contributed by atoms with Crippen LogP contribution in [0.15, 0.2) is 65.6 Å². The van der Waals surface area contributed by atoms with Crippen molar-refractivity contribution in [1.82, 2.24) is 25.1 Å². The minimum atomic E-state index is -0.501. The van der Waals surface area contributed by atoms with Gasteiger partial charge in [0.05, 0.1) is 6.54 Å². The second kappa shape index (κ2) is 10.6. The summed E-state index contributed by atoms with van der Waals surface area (Å²) in [4.78, 5) is 33.1. The smallest absolute Gasteiger partial charge is 0.262 e. The van der Waals surface area contributed by atoms with Gasteiger partial charge in [-0.05, 0) is 51.1 Å². The predicted molar refractivity (Wildman–Crippen MR) is 129 cm³/mol. The molecule has 0 aliphatic heterocycles. The number of oxazole rings is 1. The molecule has 0 saturated heterocycles. The molecular formula is C25H26N6O4. The normalized spacial score (nSPS) is 11.6. The van der Waals surface area contributed by atoms with Gasteiger partial charge in [0.1, 0.15) is 35.9 Å². The highest BCUT2D eigenvalue weighted by molar-refractivity contribution is 5.92. The minimum absolute atomic E-state index is 0.109. The lowest BCUT2D eigenvalue weighted by atomic mass is 10.2. The number of benzene rings is 2. The van der Waals surface area contributed by atoms with Crippen LogP contribution >= 0.6 is 0 Å². The van der Waals surface area contributed by atoms with Crippen molar-refractivity contribution in [2.24, 2.45) is 0 Å². The molecule has 4 aromatic rings. The molecule has 1 unspecified atom stereocenters. The van der Waals surface area contributed by atoms with Crippen LogP contribution in [0.2, 0.25) is 0 Å². The van der Waals surface area contributed by atoms with Crippen molar-refractivity contribution in [2.45, 2.75) is 33.4 Å². The van der Waals surface area contributed by atoms with Gasteiger partial charge in [-0.2, -0.15) is 5.10 Å². The molecule has 4 rings (SSSR count). The molecule has 0 spiro atoms. The summed E-state index contributed by atoms with van der Waals surface area (Å²) >= 11 is 0. The maximum Gasteiger partial charge on any atom is 0.262 e. The van der Waals surface area contributed by atoms with Crippen LogP contribution in [0.3, 0.4) is 0 Å². The lowest BCUT2D eigenvalue weighted by Crippen LogP contribution is -2.31. The molecule has 0 aliphatic rings. The molecule has 2 aromatic carbocycles. The van der Waals surface area contributed by atoms with E-state index in [1.165, 1.54) is 17.3 Å². The first-order valence-corrected chi connectivity index (χ1v) is 11.1. The molecule has 2 N–H and O–H groups in total. The van der Waals surface area contributed by atoms with Crippen molar-refractivity contribution in [3.05, 3.63) is 78.2 Å². The third-order valence-electron chi connectivity index (χ3n) is 5.32. The Morgan fingerprint density at radius 1 is 1.14 bits per heavy atom. The number of hydrogen-bond acceptors (Lipinski definition) is 7. The van der Waals surface area contributed by atoms with E-state index >= 15 is 0 Å². The number of hydrogen-bond donors (Lipinski definition) is 2. The molecule has 35 heavy (non-hydrogen) atoms. The quantitative estimate of drug-likeness (QED) is 0.381. The zero-order valence-corrected chi connectivity index (χ0v) is 19.7. The van der Waals surface area contributed by atoms with E-state index in [1.807, 2.05) is 37.3 Å². The monoisotopic (exact) mass is 474 g/mol. The number of carbonyl (C=O) groups excluding carboxylic acids is 2. The topological polar surface area (TPSA) is 124 Å². The fraction of sp³-hybridized carbons (Fsp3) is 0.240. The summed E-state index contributed by atoms with van der Waals surface area (Å²) in [6.45, 7) is 5.60. The fourth-order valence-electron chi connectivity index (χ4n) is 3.28. The minimum Gasteiger partial charge on any atom is -0.484 e. The Kier molecular flexibility index (Phi) is 7.20. The summed E-state index contributed by atoms with van der Waals surface area (Å²) < 4.78 is 12.8. The number of nitrogens with zero attached hydrogens (tertiary/aromatic N) is 4. The number of ether oxygens (including phenoxy) is 1. The number of rotatable bonds is 9. The summed E-state index contributed by atoms with van der Waals surface area (Å²) in [5, 5.41) is 9.64. The SMILES string of the molecule is Cc1ccc(OCC(=O)Nc2cccc(-c3nc(CNC(=O)C(C)n4cncn4)c(C)o3)c2)cc1. The first-order chi connectivity index (χ1) is 16.9. The van der Waals surface area contributed by atoms with E-state index in [1.54, 1.807) is 32.0 Å². The Hall–Kier alpha value is -4.47. The van der Waals surface area contributed by atoms with Crippen LogP contribution in [-0.4, -0.2) is 38.2 Å². The highest BCUT2D eigenvalue weighted by atomic mass is 16.5. The van der Waals surface area contributed by atoms with Gasteiger partial charge in [0, 0.05) is 11.3 Å². The average Bonchev–Trinajstić information content (AvgIpc) is 3.52. The number of carbonyl (C=O) groups is 2. The Labute approximate surface area is 202 Å². The molecule has 10 heteroatoms. The van der Waals surface area contributed by atoms with Crippen molar-refractivity contribution >= 4 is 17.5 Å².